The molecule has 0 aromatic carbocycles. The molecule has 0 aliphatic heterocycles. The second kappa shape index (κ2) is 5.89. The van der Waals surface area contributed by atoms with Crippen LogP contribution >= 0.6 is 0 Å². The van der Waals surface area contributed by atoms with E-state index in [1.165, 1.54) is 0 Å². The summed E-state index contributed by atoms with van der Waals surface area (Å²) in [5, 5.41) is 5.14. The van der Waals surface area contributed by atoms with Crippen molar-refractivity contribution in [1.82, 2.24) is 5.06 Å². The summed E-state index contributed by atoms with van der Waals surface area (Å²) in [4.78, 5) is 0. The zero-order valence-electron chi connectivity index (χ0n) is 7.39. The Morgan fingerprint density at radius 3 is 1.27 bits per heavy atom. The van der Waals surface area contributed by atoms with Gasteiger partial charge in [0.25, 0.3) is 20.2 Å². The predicted octanol–water partition coefficient (Wildman–Crippen LogP) is -1.50. The molecule has 15 heavy (non-hydrogen) atoms. The first-order valence-electron chi connectivity index (χ1n) is 3.37. The Hall–Kier alpha value is 0.740. The van der Waals surface area contributed by atoms with E-state index in [9.17, 15) is 16.8 Å². The zero-order chi connectivity index (χ0) is 11.7. The Labute approximate surface area is 110 Å². The third-order valence-electron chi connectivity index (χ3n) is 1.61. The van der Waals surface area contributed by atoms with Crippen LogP contribution in [0.5, 0.6) is 0 Å². The first kappa shape index (κ1) is 18.1. The first-order chi connectivity index (χ1) is 5.98. The van der Waals surface area contributed by atoms with Crippen LogP contribution in [0.15, 0.2) is 0 Å². The van der Waals surface area contributed by atoms with Gasteiger partial charge >= 0.3 is 29.6 Å². The molecule has 88 valence electrons. The van der Waals surface area contributed by atoms with Gasteiger partial charge in [0.2, 0.25) is 0 Å². The molecule has 2 unspecified atom stereocenters. The van der Waals surface area contributed by atoms with E-state index >= 15 is 0 Å². The second-order valence-electron chi connectivity index (χ2n) is 2.61. The van der Waals surface area contributed by atoms with E-state index in [4.69, 9.17) is 14.3 Å². The van der Waals surface area contributed by atoms with Crippen molar-refractivity contribution in [2.24, 2.45) is 0 Å². The number of rotatable bonds is 4. The van der Waals surface area contributed by atoms with E-state index in [0.29, 0.717) is 0 Å². The number of hydrogen-bond donors (Lipinski definition) is 3. The van der Waals surface area contributed by atoms with Crippen LogP contribution in [0.3, 0.4) is 0 Å². The number of hydroxylamine groups is 2. The molecule has 0 amide bonds. The molecule has 0 bridgehead atoms. The van der Waals surface area contributed by atoms with E-state index in [2.05, 4.69) is 0 Å². The minimum atomic E-state index is -4.61. The Bertz CT molecular complexity index is 351. The van der Waals surface area contributed by atoms with Crippen molar-refractivity contribution in [1.29, 1.82) is 0 Å². The molecule has 0 rings (SSSR count). The van der Waals surface area contributed by atoms with Gasteiger partial charge in [0, 0.05) is 0 Å². The van der Waals surface area contributed by atoms with Gasteiger partial charge in [0.05, 0.1) is 0 Å². The van der Waals surface area contributed by atoms with Crippen LogP contribution in [-0.4, -0.2) is 76.5 Å². The summed E-state index contributed by atoms with van der Waals surface area (Å²) in [5.74, 6) is 0. The van der Waals surface area contributed by atoms with Crippen LogP contribution in [0.4, 0.5) is 0 Å². The quantitative estimate of drug-likeness (QED) is 0.320. The first-order valence-corrected chi connectivity index (χ1v) is 6.38. The van der Waals surface area contributed by atoms with Gasteiger partial charge in [-0.3, -0.25) is 9.11 Å². The topological polar surface area (TPSA) is 132 Å². The molecule has 8 nitrogen and oxygen atoms in total. The van der Waals surface area contributed by atoms with Crippen molar-refractivity contribution < 1.29 is 31.1 Å². The molecular formula is C4H12NNaO7S2. The van der Waals surface area contributed by atoms with Crippen molar-refractivity contribution in [3.8, 4) is 0 Å². The van der Waals surface area contributed by atoms with Crippen LogP contribution in [0.2, 0.25) is 0 Å². The fraction of sp³-hybridized carbons (Fsp3) is 1.00. The second-order valence-corrected chi connectivity index (χ2v) is 6.03. The van der Waals surface area contributed by atoms with Crippen LogP contribution in [0.25, 0.3) is 0 Å². The molecule has 0 aromatic heterocycles. The van der Waals surface area contributed by atoms with E-state index in [1.54, 1.807) is 0 Å². The van der Waals surface area contributed by atoms with Crippen molar-refractivity contribution in [2.75, 3.05) is 0 Å². The van der Waals surface area contributed by atoms with Gasteiger partial charge in [0.1, 0.15) is 0 Å². The summed E-state index contributed by atoms with van der Waals surface area (Å²) in [6.07, 6.45) is 0. The third kappa shape index (κ3) is 5.56. The van der Waals surface area contributed by atoms with Crippen LogP contribution in [0.1, 0.15) is 13.8 Å². The minimum absolute atomic E-state index is 0. The summed E-state index contributed by atoms with van der Waals surface area (Å²) < 4.78 is 58.9. The molecule has 0 fully saturated rings. The molecule has 0 aliphatic carbocycles. The van der Waals surface area contributed by atoms with E-state index < -0.39 is 31.0 Å². The summed E-state index contributed by atoms with van der Waals surface area (Å²) >= 11 is 0. The van der Waals surface area contributed by atoms with Crippen LogP contribution in [-0.2, 0) is 20.2 Å². The van der Waals surface area contributed by atoms with E-state index in [1.807, 2.05) is 0 Å². The molecule has 3 N–H and O–H groups in total. The van der Waals surface area contributed by atoms with Crippen molar-refractivity contribution in [2.45, 2.75) is 24.6 Å². The van der Waals surface area contributed by atoms with Gasteiger partial charge in [-0.2, -0.15) is 21.9 Å². The zero-order valence-corrected chi connectivity index (χ0v) is 9.03. The Balaban J connectivity index is 0. The fourth-order valence-electron chi connectivity index (χ4n) is 0.569. The van der Waals surface area contributed by atoms with Gasteiger partial charge in [-0.05, 0) is 13.8 Å². The molecule has 0 aliphatic rings. The molecular weight excluding hydrogens is 261 g/mol. The maximum absolute atomic E-state index is 10.5. The third-order valence-corrected chi connectivity index (χ3v) is 3.76. The van der Waals surface area contributed by atoms with Crippen LogP contribution < -0.4 is 0 Å². The normalized spacial score (nSPS) is 16.9. The SMILES string of the molecule is CC(N(O)C(C)S(=O)(=O)O)S(=O)(=O)O.[NaH]. The Morgan fingerprint density at radius 2 is 1.13 bits per heavy atom. The standard InChI is InChI=1S/C4H11NO7S2.Na.H/c1-3(13(7,8)9)5(6)4(2)14(10,11)12;;/h3-4,6H,1-2H3,(H,7,8,9)(H,10,11,12);;. The average Bonchev–Trinajstić information content (AvgIpc) is 1.97. The van der Waals surface area contributed by atoms with Crippen LogP contribution in [0, 0.1) is 0 Å². The molecule has 0 saturated heterocycles. The molecule has 0 saturated carbocycles. The van der Waals surface area contributed by atoms with Crippen molar-refractivity contribution in [3.63, 3.8) is 0 Å². The van der Waals surface area contributed by atoms with Gasteiger partial charge in [-0.25, -0.2) is 0 Å². The Kier molecular flexibility index (Phi) is 7.11. The summed E-state index contributed by atoms with van der Waals surface area (Å²) in [7, 11) is -9.21. The fourth-order valence-corrected chi connectivity index (χ4v) is 1.56. The van der Waals surface area contributed by atoms with E-state index in [0.717, 1.165) is 13.8 Å². The van der Waals surface area contributed by atoms with E-state index in [-0.39, 0.29) is 34.6 Å². The number of nitrogens with zero attached hydrogens (tertiary/aromatic N) is 1. The summed E-state index contributed by atoms with van der Waals surface area (Å²) in [6.45, 7) is 1.72. The van der Waals surface area contributed by atoms with Gasteiger partial charge < -0.3 is 5.21 Å². The predicted molar refractivity (Wildman–Crippen MR) is 52.8 cm³/mol. The van der Waals surface area contributed by atoms with Gasteiger partial charge in [-0.1, -0.05) is 0 Å². The molecule has 0 radical (unpaired) electrons. The molecule has 0 heterocycles. The maximum atomic E-state index is 10.5. The monoisotopic (exact) mass is 273 g/mol. The average molecular weight is 273 g/mol. The van der Waals surface area contributed by atoms with Crippen molar-refractivity contribution >= 4 is 49.8 Å². The molecule has 11 heteroatoms. The summed E-state index contributed by atoms with van der Waals surface area (Å²) in [6, 6.07) is 0. The molecule has 2 atom stereocenters. The van der Waals surface area contributed by atoms with Gasteiger partial charge in [-0.15, -0.1) is 0 Å². The number of hydrogen-bond acceptors (Lipinski definition) is 6. The Morgan fingerprint density at radius 1 is 0.933 bits per heavy atom. The molecule has 0 spiro atoms. The van der Waals surface area contributed by atoms with Crippen molar-refractivity contribution in [3.05, 3.63) is 0 Å². The molecule has 0 aromatic rings. The summed E-state index contributed by atoms with van der Waals surface area (Å²) in [5.41, 5.74) is 0. The van der Waals surface area contributed by atoms with Gasteiger partial charge in [0.15, 0.2) is 10.7 Å².